The number of ketones is 1. The first kappa shape index (κ1) is 36.0. The average molecular weight is 830 g/mol. The molecule has 0 heterocycles. The highest BCUT2D eigenvalue weighted by Crippen LogP contribution is 2.61. The summed E-state index contributed by atoms with van der Waals surface area (Å²) in [5, 5.41) is 5.25. The van der Waals surface area contributed by atoms with Gasteiger partial charge in [0.1, 0.15) is 0 Å². The second-order valence-corrected chi connectivity index (χ2v) is 16.4. The largest absolute Gasteiger partial charge is 0.289 e. The lowest BCUT2D eigenvalue weighted by molar-refractivity contribution is 0.104. The van der Waals surface area contributed by atoms with Gasteiger partial charge in [-0.25, -0.2) is 0 Å². The topological polar surface area (TPSA) is 17.1 Å². The molecule has 10 aromatic rings. The predicted octanol–water partition coefficient (Wildman–Crippen LogP) is 15.4. The Morgan fingerprint density at radius 3 is 1.20 bits per heavy atom. The molecular formula is C58H37BrO. The maximum atomic E-state index is 11.9. The first-order chi connectivity index (χ1) is 29.6. The summed E-state index contributed by atoms with van der Waals surface area (Å²) in [6.07, 6.45) is 0. The predicted molar refractivity (Wildman–Crippen MR) is 253 cm³/mol. The third kappa shape index (κ3) is 5.49. The van der Waals surface area contributed by atoms with E-state index in [-0.39, 0.29) is 11.2 Å². The number of hydrogen-bond donors (Lipinski definition) is 0. The van der Waals surface area contributed by atoms with Gasteiger partial charge < -0.3 is 0 Å². The third-order valence-electron chi connectivity index (χ3n) is 12.5. The first-order valence-electron chi connectivity index (χ1n) is 20.4. The summed E-state index contributed by atoms with van der Waals surface area (Å²) >= 11 is 3.64. The molecule has 0 unspecified atom stereocenters. The van der Waals surface area contributed by atoms with E-state index in [0.29, 0.717) is 0 Å². The van der Waals surface area contributed by atoms with Crippen LogP contribution >= 0.6 is 15.9 Å². The fraction of sp³-hybridized carbons (Fsp3) is 0.0172. The van der Waals surface area contributed by atoms with E-state index in [9.17, 15) is 4.79 Å². The van der Waals surface area contributed by atoms with Crippen molar-refractivity contribution in [2.24, 2.45) is 0 Å². The Bertz CT molecular complexity index is 3200. The normalized spacial score (nSPS) is 12.9. The van der Waals surface area contributed by atoms with Crippen molar-refractivity contribution in [1.82, 2.24) is 0 Å². The van der Waals surface area contributed by atoms with E-state index in [1.54, 1.807) is 0 Å². The van der Waals surface area contributed by atoms with Gasteiger partial charge in [-0.05, 0) is 89.0 Å². The van der Waals surface area contributed by atoms with Crippen LogP contribution in [0.1, 0.15) is 38.2 Å². The van der Waals surface area contributed by atoms with Gasteiger partial charge in [0.2, 0.25) is 0 Å². The van der Waals surface area contributed by atoms with Crippen LogP contribution in [0.4, 0.5) is 0 Å². The van der Waals surface area contributed by atoms with Gasteiger partial charge in [0.25, 0.3) is 0 Å². The summed E-state index contributed by atoms with van der Waals surface area (Å²) in [6, 6.07) is 79.2. The Morgan fingerprint density at radius 2 is 0.650 bits per heavy atom. The molecule has 0 aliphatic heterocycles. The van der Waals surface area contributed by atoms with Gasteiger partial charge in [0, 0.05) is 21.0 Å². The standard InChI is InChI=1S/C29H18.C16H11Br.C13H8O/c1-4-15-24-20(11-1)21-12-2-5-16-25(21)29(24)26-17-6-3-13-22(26)23-14-7-9-19-10-8-18-27(29)28(19)23;17-15-11-5-9-13-8-4-10-14(16(13)15)12-6-2-1-3-7-12;14-13-11-7-3-1-5-9(11)10-6-2-4-8-12(10)13/h1-18H;1-11H;1-8H. The van der Waals surface area contributed by atoms with Crippen LogP contribution in [-0.2, 0) is 5.41 Å². The molecule has 0 aromatic heterocycles. The number of carbonyl (C=O) groups is 1. The number of halogens is 1. The van der Waals surface area contributed by atoms with Gasteiger partial charge in [-0.3, -0.25) is 4.79 Å². The highest BCUT2D eigenvalue weighted by atomic mass is 79.9. The molecule has 0 fully saturated rings. The maximum absolute atomic E-state index is 11.9. The molecule has 0 radical (unpaired) electrons. The lowest BCUT2D eigenvalue weighted by atomic mass is 9.61. The quantitative estimate of drug-likeness (QED) is 0.161. The lowest BCUT2D eigenvalue weighted by Crippen LogP contribution is -2.31. The molecule has 60 heavy (non-hydrogen) atoms. The summed E-state index contributed by atoms with van der Waals surface area (Å²) in [5.74, 6) is 0.149. The Labute approximate surface area is 358 Å². The van der Waals surface area contributed by atoms with Crippen LogP contribution < -0.4 is 0 Å². The van der Waals surface area contributed by atoms with Crippen LogP contribution in [-0.4, -0.2) is 5.78 Å². The van der Waals surface area contributed by atoms with Crippen molar-refractivity contribution in [2.75, 3.05) is 0 Å². The Morgan fingerprint density at radius 1 is 0.283 bits per heavy atom. The minimum absolute atomic E-state index is 0.149. The van der Waals surface area contributed by atoms with Crippen molar-refractivity contribution in [3.8, 4) is 44.5 Å². The SMILES string of the molecule is Brc1cccc2cccc(-c3ccccc3)c12.O=C1c2ccccc2-c2ccccc21.c1ccc2c(c1)-c1ccccc1C21c2ccccc2-c2cccc3cccc1c23. The van der Waals surface area contributed by atoms with Crippen molar-refractivity contribution in [3.05, 3.63) is 262 Å². The van der Waals surface area contributed by atoms with Gasteiger partial charge in [0.15, 0.2) is 5.78 Å². The van der Waals surface area contributed by atoms with E-state index in [4.69, 9.17) is 0 Å². The molecular weight excluding hydrogens is 793 g/mol. The second-order valence-electron chi connectivity index (χ2n) is 15.5. The summed E-state index contributed by atoms with van der Waals surface area (Å²) in [4.78, 5) is 11.9. The molecule has 282 valence electrons. The summed E-state index contributed by atoms with van der Waals surface area (Å²) in [7, 11) is 0. The van der Waals surface area contributed by atoms with Crippen LogP contribution in [0.3, 0.4) is 0 Å². The fourth-order valence-electron chi connectivity index (χ4n) is 10.0. The molecule has 0 atom stereocenters. The Hall–Kier alpha value is -7.13. The molecule has 0 N–H and O–H groups in total. The average Bonchev–Trinajstić information content (AvgIpc) is 3.78. The molecule has 2 heteroatoms. The molecule has 1 nitrogen and oxygen atoms in total. The maximum Gasteiger partial charge on any atom is 0.194 e. The van der Waals surface area contributed by atoms with Gasteiger partial charge in [-0.2, -0.15) is 0 Å². The van der Waals surface area contributed by atoms with E-state index in [1.807, 2.05) is 54.6 Å². The van der Waals surface area contributed by atoms with Gasteiger partial charge in [0.05, 0.1) is 5.41 Å². The van der Waals surface area contributed by atoms with Crippen molar-refractivity contribution >= 4 is 43.3 Å². The zero-order valence-corrected chi connectivity index (χ0v) is 34.2. The van der Waals surface area contributed by atoms with Crippen LogP contribution in [0.15, 0.2) is 229 Å². The summed E-state index contributed by atoms with van der Waals surface area (Å²) in [6.45, 7) is 0. The van der Waals surface area contributed by atoms with Crippen molar-refractivity contribution in [2.45, 2.75) is 5.41 Å². The number of hydrogen-bond acceptors (Lipinski definition) is 1. The molecule has 0 bridgehead atoms. The van der Waals surface area contributed by atoms with E-state index < -0.39 is 0 Å². The molecule has 0 saturated heterocycles. The zero-order chi connectivity index (χ0) is 40.2. The van der Waals surface area contributed by atoms with Crippen LogP contribution in [0.25, 0.3) is 66.1 Å². The Balaban J connectivity index is 0.000000112. The van der Waals surface area contributed by atoms with E-state index in [2.05, 4.69) is 186 Å². The van der Waals surface area contributed by atoms with Crippen LogP contribution in [0, 0.1) is 0 Å². The molecule has 3 aliphatic carbocycles. The summed E-state index contributed by atoms with van der Waals surface area (Å²) < 4.78 is 1.15. The van der Waals surface area contributed by atoms with Gasteiger partial charge >= 0.3 is 0 Å². The Kier molecular flexibility index (Phi) is 8.76. The monoisotopic (exact) mass is 828 g/mol. The zero-order valence-electron chi connectivity index (χ0n) is 32.6. The van der Waals surface area contributed by atoms with E-state index in [1.165, 1.54) is 77.2 Å². The second kappa shape index (κ2) is 14.6. The number of benzene rings is 10. The highest BCUT2D eigenvalue weighted by molar-refractivity contribution is 9.10. The number of rotatable bonds is 1. The van der Waals surface area contributed by atoms with E-state index in [0.717, 1.165) is 26.7 Å². The van der Waals surface area contributed by atoms with Gasteiger partial charge in [-0.1, -0.05) is 234 Å². The number of fused-ring (bicyclic) bond motifs is 13. The molecule has 3 aliphatic rings. The minimum atomic E-state index is -0.266. The number of carbonyl (C=O) groups excluding carboxylic acids is 1. The molecule has 0 saturated carbocycles. The minimum Gasteiger partial charge on any atom is -0.289 e. The highest BCUT2D eigenvalue weighted by Gasteiger charge is 2.49. The lowest BCUT2D eigenvalue weighted by Gasteiger charge is -2.40. The molecule has 0 amide bonds. The van der Waals surface area contributed by atoms with Crippen LogP contribution in [0.5, 0.6) is 0 Å². The van der Waals surface area contributed by atoms with E-state index >= 15 is 0 Å². The van der Waals surface area contributed by atoms with Crippen LogP contribution in [0.2, 0.25) is 0 Å². The van der Waals surface area contributed by atoms with Gasteiger partial charge in [-0.15, -0.1) is 0 Å². The smallest absolute Gasteiger partial charge is 0.194 e. The molecule has 10 aromatic carbocycles. The van der Waals surface area contributed by atoms with Crippen molar-refractivity contribution in [3.63, 3.8) is 0 Å². The fourth-order valence-corrected chi connectivity index (χ4v) is 10.6. The molecule has 13 rings (SSSR count). The summed E-state index contributed by atoms with van der Waals surface area (Å²) in [5.41, 5.74) is 17.0. The first-order valence-corrected chi connectivity index (χ1v) is 21.2. The third-order valence-corrected chi connectivity index (χ3v) is 13.1. The van der Waals surface area contributed by atoms with Crippen molar-refractivity contribution in [1.29, 1.82) is 0 Å². The molecule has 1 spiro atoms. The van der Waals surface area contributed by atoms with Crippen molar-refractivity contribution < 1.29 is 4.79 Å².